The first kappa shape index (κ1) is 16.3. The monoisotopic (exact) mass is 303 g/mol. The van der Waals surface area contributed by atoms with E-state index in [0.29, 0.717) is 5.75 Å². The second kappa shape index (κ2) is 5.34. The molecule has 0 heterocycles. The molecule has 108 valence electrons. The number of thiol groups is 1. The van der Waals surface area contributed by atoms with Gasteiger partial charge >= 0.3 is 10.3 Å². The Balaban J connectivity index is 3.31. The van der Waals surface area contributed by atoms with E-state index in [9.17, 15) is 8.42 Å². The van der Waals surface area contributed by atoms with Gasteiger partial charge in [0.1, 0.15) is 5.75 Å². The Bertz CT molecular complexity index is 572. The maximum atomic E-state index is 11.8. The molecule has 0 saturated heterocycles. The van der Waals surface area contributed by atoms with Gasteiger partial charge in [-0.3, -0.25) is 0 Å². The second-order valence-corrected chi connectivity index (χ2v) is 7.94. The zero-order valence-corrected chi connectivity index (χ0v) is 13.9. The summed E-state index contributed by atoms with van der Waals surface area (Å²) in [7, 11) is -0.875. The Morgan fingerprint density at radius 1 is 1.21 bits per heavy atom. The zero-order chi connectivity index (χ0) is 15.0. The fourth-order valence-corrected chi connectivity index (χ4v) is 2.70. The Morgan fingerprint density at radius 3 is 2.16 bits per heavy atom. The summed E-state index contributed by atoms with van der Waals surface area (Å²) in [6, 6.07) is 3.57. The summed E-state index contributed by atoms with van der Waals surface area (Å²) in [6.07, 6.45) is 0. The van der Waals surface area contributed by atoms with Gasteiger partial charge in [0.25, 0.3) is 0 Å². The predicted molar refractivity (Wildman–Crippen MR) is 80.4 cm³/mol. The van der Waals surface area contributed by atoms with Gasteiger partial charge in [-0.2, -0.15) is 12.7 Å². The van der Waals surface area contributed by atoms with Gasteiger partial charge in [0, 0.05) is 19.0 Å². The van der Waals surface area contributed by atoms with E-state index < -0.39 is 10.3 Å². The third-order valence-corrected chi connectivity index (χ3v) is 4.40. The molecule has 0 N–H and O–H groups in total. The molecule has 19 heavy (non-hydrogen) atoms. The Hall–Kier alpha value is -0.720. The lowest BCUT2D eigenvalue weighted by Gasteiger charge is -2.23. The lowest BCUT2D eigenvalue weighted by molar-refractivity contribution is 0.419. The molecule has 0 aliphatic heterocycles. The lowest BCUT2D eigenvalue weighted by Crippen LogP contribution is -2.27. The quantitative estimate of drug-likeness (QED) is 0.873. The predicted octanol–water partition coefficient (Wildman–Crippen LogP) is 2.77. The van der Waals surface area contributed by atoms with E-state index in [1.165, 1.54) is 14.1 Å². The zero-order valence-electron chi connectivity index (χ0n) is 12.2. The van der Waals surface area contributed by atoms with Gasteiger partial charge in [-0.25, -0.2) is 0 Å². The number of rotatable bonds is 3. The van der Waals surface area contributed by atoms with E-state index in [1.807, 2.05) is 26.8 Å². The van der Waals surface area contributed by atoms with Crippen LogP contribution in [0.3, 0.4) is 0 Å². The van der Waals surface area contributed by atoms with E-state index in [-0.39, 0.29) is 5.41 Å². The molecular formula is C13H21NO3S2. The molecule has 4 nitrogen and oxygen atoms in total. The largest absolute Gasteiger partial charge is 0.384 e. The maximum Gasteiger partial charge on any atom is 0.384 e. The smallest absolute Gasteiger partial charge is 0.370 e. The molecule has 1 aromatic carbocycles. The highest BCUT2D eigenvalue weighted by Gasteiger charge is 2.22. The SMILES string of the molecule is Cc1cc(S)c(C(C)(C)C)cc1OS(=O)(=O)N(C)C. The molecule has 0 aromatic heterocycles. The van der Waals surface area contributed by atoms with Crippen LogP contribution in [-0.2, 0) is 15.7 Å². The van der Waals surface area contributed by atoms with Gasteiger partial charge in [0.05, 0.1) is 0 Å². The Kier molecular flexibility index (Phi) is 4.59. The summed E-state index contributed by atoms with van der Waals surface area (Å²) in [4.78, 5) is 0.833. The van der Waals surface area contributed by atoms with Crippen molar-refractivity contribution in [2.24, 2.45) is 0 Å². The molecule has 0 fully saturated rings. The van der Waals surface area contributed by atoms with Crippen LogP contribution >= 0.6 is 12.6 Å². The fraction of sp³-hybridized carbons (Fsp3) is 0.538. The van der Waals surface area contributed by atoms with Crippen LogP contribution in [0.1, 0.15) is 31.9 Å². The van der Waals surface area contributed by atoms with E-state index in [1.54, 1.807) is 13.0 Å². The first-order valence-corrected chi connectivity index (χ1v) is 7.72. The first-order valence-electron chi connectivity index (χ1n) is 5.91. The summed E-state index contributed by atoms with van der Waals surface area (Å²) in [5.41, 5.74) is 1.55. The van der Waals surface area contributed by atoms with Crippen molar-refractivity contribution < 1.29 is 12.6 Å². The van der Waals surface area contributed by atoms with Gasteiger partial charge in [0.15, 0.2) is 0 Å². The van der Waals surface area contributed by atoms with Crippen LogP contribution in [0.15, 0.2) is 17.0 Å². The Labute approximate surface area is 121 Å². The van der Waals surface area contributed by atoms with Crippen LogP contribution in [0.25, 0.3) is 0 Å². The van der Waals surface area contributed by atoms with Gasteiger partial charge < -0.3 is 4.18 Å². The summed E-state index contributed by atoms with van der Waals surface area (Å²) >= 11 is 4.44. The lowest BCUT2D eigenvalue weighted by atomic mass is 9.86. The minimum atomic E-state index is -3.74. The average molecular weight is 303 g/mol. The number of benzene rings is 1. The van der Waals surface area contributed by atoms with Crippen molar-refractivity contribution in [2.45, 2.75) is 38.0 Å². The minimum Gasteiger partial charge on any atom is -0.370 e. The van der Waals surface area contributed by atoms with Crippen molar-refractivity contribution in [1.29, 1.82) is 0 Å². The van der Waals surface area contributed by atoms with E-state index in [2.05, 4.69) is 12.6 Å². The van der Waals surface area contributed by atoms with Crippen molar-refractivity contribution in [1.82, 2.24) is 4.31 Å². The standard InChI is InChI=1S/C13H21NO3S2/c1-9-7-12(18)10(13(2,3)4)8-11(9)17-19(15,16)14(5)6/h7-8,18H,1-6H3. The molecule has 0 spiro atoms. The van der Waals surface area contributed by atoms with Gasteiger partial charge in [-0.05, 0) is 35.6 Å². The number of hydrogen-bond acceptors (Lipinski definition) is 4. The van der Waals surface area contributed by atoms with Gasteiger partial charge in [-0.15, -0.1) is 12.6 Å². The van der Waals surface area contributed by atoms with E-state index >= 15 is 0 Å². The summed E-state index contributed by atoms with van der Waals surface area (Å²) in [5, 5.41) is 0. The molecular weight excluding hydrogens is 282 g/mol. The molecule has 1 rings (SSSR count). The van der Waals surface area contributed by atoms with Crippen molar-refractivity contribution in [3.8, 4) is 5.75 Å². The molecule has 0 aliphatic carbocycles. The van der Waals surface area contributed by atoms with Crippen LogP contribution in [-0.4, -0.2) is 26.8 Å². The second-order valence-electron chi connectivity index (χ2n) is 5.71. The third kappa shape index (κ3) is 3.87. The number of hydrogen-bond donors (Lipinski definition) is 1. The van der Waals surface area contributed by atoms with Crippen molar-refractivity contribution in [3.63, 3.8) is 0 Å². The summed E-state index contributed by atoms with van der Waals surface area (Å²) in [6.45, 7) is 7.93. The Morgan fingerprint density at radius 2 is 1.74 bits per heavy atom. The molecule has 1 aromatic rings. The summed E-state index contributed by atoms with van der Waals surface area (Å²) < 4.78 is 29.8. The molecule has 0 atom stereocenters. The van der Waals surface area contributed by atoms with Gasteiger partial charge in [0.2, 0.25) is 0 Å². The van der Waals surface area contributed by atoms with Gasteiger partial charge in [-0.1, -0.05) is 20.8 Å². The maximum absolute atomic E-state index is 11.8. The molecule has 0 radical (unpaired) electrons. The highest BCUT2D eigenvalue weighted by atomic mass is 32.2. The number of nitrogens with zero attached hydrogens (tertiary/aromatic N) is 1. The molecule has 0 saturated carbocycles. The first-order chi connectivity index (χ1) is 8.45. The molecule has 0 amide bonds. The van der Waals surface area contributed by atoms with Crippen LogP contribution < -0.4 is 4.18 Å². The van der Waals surface area contributed by atoms with Crippen molar-refractivity contribution >= 4 is 22.9 Å². The van der Waals surface area contributed by atoms with E-state index in [4.69, 9.17) is 4.18 Å². The molecule has 6 heteroatoms. The average Bonchev–Trinajstić information content (AvgIpc) is 2.19. The normalized spacial score (nSPS) is 12.8. The fourth-order valence-electron chi connectivity index (χ4n) is 1.55. The van der Waals surface area contributed by atoms with E-state index in [0.717, 1.165) is 20.3 Å². The highest BCUT2D eigenvalue weighted by Crippen LogP contribution is 2.34. The van der Waals surface area contributed by atoms with Crippen molar-refractivity contribution in [3.05, 3.63) is 23.3 Å². The molecule has 0 bridgehead atoms. The number of aryl methyl sites for hydroxylation is 1. The third-order valence-electron chi connectivity index (χ3n) is 2.74. The molecule has 0 aliphatic rings. The van der Waals surface area contributed by atoms with Crippen LogP contribution in [0.2, 0.25) is 0 Å². The van der Waals surface area contributed by atoms with Crippen molar-refractivity contribution in [2.75, 3.05) is 14.1 Å². The summed E-state index contributed by atoms with van der Waals surface area (Å²) in [5.74, 6) is 0.344. The van der Waals surface area contributed by atoms with Crippen LogP contribution in [0.4, 0.5) is 0 Å². The highest BCUT2D eigenvalue weighted by molar-refractivity contribution is 7.84. The van der Waals surface area contributed by atoms with Crippen LogP contribution in [0.5, 0.6) is 5.75 Å². The minimum absolute atomic E-state index is 0.134. The molecule has 0 unspecified atom stereocenters. The topological polar surface area (TPSA) is 46.6 Å². The van der Waals surface area contributed by atoms with Crippen LogP contribution in [0, 0.1) is 6.92 Å².